The van der Waals surface area contributed by atoms with Gasteiger partial charge in [-0.05, 0) is 35.9 Å². The van der Waals surface area contributed by atoms with Gasteiger partial charge in [-0.15, -0.1) is 0 Å². The fourth-order valence-corrected chi connectivity index (χ4v) is 3.84. The zero-order valence-electron chi connectivity index (χ0n) is 16.6. The smallest absolute Gasteiger partial charge is 0.333 e. The summed E-state index contributed by atoms with van der Waals surface area (Å²) < 4.78 is 39.0. The van der Waals surface area contributed by atoms with Crippen LogP contribution < -0.4 is 5.43 Å². The molecule has 0 spiro atoms. The number of hydrogen-bond donors (Lipinski definition) is 2. The number of carbonyl (C=O) groups is 1. The van der Waals surface area contributed by atoms with Crippen LogP contribution in [0.5, 0.6) is 0 Å². The Morgan fingerprint density at radius 3 is 2.50 bits per heavy atom. The minimum absolute atomic E-state index is 0.127. The summed E-state index contributed by atoms with van der Waals surface area (Å²) in [5.74, 6) is 0.149. The van der Waals surface area contributed by atoms with Crippen molar-refractivity contribution >= 4 is 34.9 Å². The number of fused-ring (bicyclic) bond motifs is 1. The predicted octanol–water partition coefficient (Wildman–Crippen LogP) is 5.64. The molecule has 0 atom stereocenters. The largest absolute Gasteiger partial charge is 0.417 e. The zero-order valence-corrected chi connectivity index (χ0v) is 17.4. The summed E-state index contributed by atoms with van der Waals surface area (Å²) in [7, 11) is 0. The second-order valence-electron chi connectivity index (χ2n) is 6.83. The third-order valence-electron chi connectivity index (χ3n) is 4.60. The van der Waals surface area contributed by atoms with Crippen molar-refractivity contribution in [2.24, 2.45) is 5.10 Å². The maximum atomic E-state index is 13.0. The van der Waals surface area contributed by atoms with Gasteiger partial charge in [-0.1, -0.05) is 54.2 Å². The number of alkyl halides is 3. The normalized spacial score (nSPS) is 11.8. The van der Waals surface area contributed by atoms with Crippen LogP contribution in [0.2, 0.25) is 0 Å². The summed E-state index contributed by atoms with van der Waals surface area (Å²) in [6, 6.07) is 19.7. The standard InChI is InChI=1S/C23H17F3N4OS/c24-23(25,26)18-6-2-1-5-17(18)13-27-30-21(31)16-11-9-15(10-12-16)14-32-22-28-19-7-3-4-8-20(19)29-22/h1-13H,14H2,(H,28,29)(H,30,31). The molecule has 4 rings (SSSR count). The number of nitrogens with zero attached hydrogens (tertiary/aromatic N) is 2. The molecule has 1 aromatic heterocycles. The number of rotatable bonds is 6. The van der Waals surface area contributed by atoms with Crippen molar-refractivity contribution in [1.82, 2.24) is 15.4 Å². The van der Waals surface area contributed by atoms with Crippen LogP contribution >= 0.6 is 11.8 Å². The number of aromatic amines is 1. The Bertz CT molecular complexity index is 1230. The molecule has 0 bridgehead atoms. The van der Waals surface area contributed by atoms with Crippen molar-refractivity contribution in [1.29, 1.82) is 0 Å². The van der Waals surface area contributed by atoms with Crippen LogP contribution in [0.3, 0.4) is 0 Å². The number of hydrazone groups is 1. The van der Waals surface area contributed by atoms with E-state index in [1.165, 1.54) is 18.2 Å². The molecular formula is C23H17F3N4OS. The summed E-state index contributed by atoms with van der Waals surface area (Å²) >= 11 is 1.55. The molecule has 9 heteroatoms. The molecule has 162 valence electrons. The molecule has 0 aliphatic carbocycles. The van der Waals surface area contributed by atoms with E-state index in [9.17, 15) is 18.0 Å². The number of aromatic nitrogens is 2. The van der Waals surface area contributed by atoms with Crippen molar-refractivity contribution in [3.8, 4) is 0 Å². The number of carbonyl (C=O) groups excluding carboxylic acids is 1. The second-order valence-corrected chi connectivity index (χ2v) is 7.79. The van der Waals surface area contributed by atoms with E-state index in [0.29, 0.717) is 11.3 Å². The van der Waals surface area contributed by atoms with Gasteiger partial charge in [0.25, 0.3) is 5.91 Å². The van der Waals surface area contributed by atoms with Gasteiger partial charge in [-0.2, -0.15) is 18.3 Å². The summed E-state index contributed by atoms with van der Waals surface area (Å²) in [5, 5.41) is 4.48. The van der Waals surface area contributed by atoms with Gasteiger partial charge in [0, 0.05) is 16.9 Å². The predicted molar refractivity (Wildman–Crippen MR) is 119 cm³/mol. The number of benzene rings is 3. The molecule has 1 heterocycles. The highest BCUT2D eigenvalue weighted by Crippen LogP contribution is 2.31. The first kappa shape index (κ1) is 21.6. The number of H-pyrrole nitrogens is 1. The van der Waals surface area contributed by atoms with Gasteiger partial charge >= 0.3 is 6.18 Å². The fraction of sp³-hybridized carbons (Fsp3) is 0.0870. The van der Waals surface area contributed by atoms with Crippen LogP contribution in [-0.4, -0.2) is 22.1 Å². The maximum absolute atomic E-state index is 13.0. The van der Waals surface area contributed by atoms with E-state index in [-0.39, 0.29) is 5.56 Å². The quantitative estimate of drug-likeness (QED) is 0.225. The Morgan fingerprint density at radius 2 is 1.75 bits per heavy atom. The third-order valence-corrected chi connectivity index (χ3v) is 5.54. The first-order valence-corrected chi connectivity index (χ1v) is 10.5. The molecule has 1 amide bonds. The Morgan fingerprint density at radius 1 is 1.03 bits per heavy atom. The molecule has 0 unspecified atom stereocenters. The van der Waals surface area contributed by atoms with Gasteiger partial charge < -0.3 is 4.98 Å². The van der Waals surface area contributed by atoms with Crippen molar-refractivity contribution in [3.63, 3.8) is 0 Å². The molecule has 0 saturated carbocycles. The molecule has 0 radical (unpaired) electrons. The minimum atomic E-state index is -4.50. The molecule has 4 aromatic rings. The number of para-hydroxylation sites is 2. The summed E-state index contributed by atoms with van der Waals surface area (Å²) in [4.78, 5) is 20.0. The second kappa shape index (κ2) is 9.27. The molecule has 32 heavy (non-hydrogen) atoms. The molecule has 0 fully saturated rings. The van der Waals surface area contributed by atoms with Crippen LogP contribution in [0.15, 0.2) is 83.1 Å². The Kier molecular flexibility index (Phi) is 6.27. The van der Waals surface area contributed by atoms with E-state index >= 15 is 0 Å². The van der Waals surface area contributed by atoms with Gasteiger partial charge in [0.2, 0.25) is 0 Å². The Hall–Kier alpha value is -3.59. The number of thioether (sulfide) groups is 1. The summed E-state index contributed by atoms with van der Waals surface area (Å²) in [5.41, 5.74) is 4.54. The Labute approximate surface area is 185 Å². The molecular weight excluding hydrogens is 437 g/mol. The molecule has 2 N–H and O–H groups in total. The number of nitrogens with one attached hydrogen (secondary N) is 2. The van der Waals surface area contributed by atoms with E-state index in [2.05, 4.69) is 20.5 Å². The number of imidazole rings is 1. The Balaban J connectivity index is 1.34. The first-order chi connectivity index (χ1) is 15.4. The molecule has 5 nitrogen and oxygen atoms in total. The molecule has 0 aliphatic heterocycles. The number of amides is 1. The minimum Gasteiger partial charge on any atom is -0.333 e. The van der Waals surface area contributed by atoms with Gasteiger partial charge in [0.15, 0.2) is 5.16 Å². The highest BCUT2D eigenvalue weighted by molar-refractivity contribution is 7.98. The number of halogens is 3. The average molecular weight is 454 g/mol. The van der Waals surface area contributed by atoms with Gasteiger partial charge in [0.1, 0.15) is 0 Å². The first-order valence-electron chi connectivity index (χ1n) is 9.56. The molecule has 0 saturated heterocycles. The van der Waals surface area contributed by atoms with Crippen molar-refractivity contribution < 1.29 is 18.0 Å². The van der Waals surface area contributed by atoms with Gasteiger partial charge in [-0.3, -0.25) is 4.79 Å². The zero-order chi connectivity index (χ0) is 22.6. The lowest BCUT2D eigenvalue weighted by Crippen LogP contribution is -2.18. The van der Waals surface area contributed by atoms with E-state index < -0.39 is 17.6 Å². The van der Waals surface area contributed by atoms with Gasteiger partial charge in [0.05, 0.1) is 22.8 Å². The molecule has 3 aromatic carbocycles. The lowest BCUT2D eigenvalue weighted by Gasteiger charge is -2.09. The van der Waals surface area contributed by atoms with Crippen molar-refractivity contribution in [2.45, 2.75) is 17.1 Å². The van der Waals surface area contributed by atoms with Crippen LogP contribution in [0, 0.1) is 0 Å². The lowest BCUT2D eigenvalue weighted by atomic mass is 10.1. The summed E-state index contributed by atoms with van der Waals surface area (Å²) in [6.45, 7) is 0. The lowest BCUT2D eigenvalue weighted by molar-refractivity contribution is -0.137. The third kappa shape index (κ3) is 5.17. The highest BCUT2D eigenvalue weighted by Gasteiger charge is 2.32. The van der Waals surface area contributed by atoms with Gasteiger partial charge in [-0.25, -0.2) is 10.4 Å². The van der Waals surface area contributed by atoms with E-state index in [0.717, 1.165) is 34.0 Å². The molecule has 0 aliphatic rings. The number of hydrogen-bond acceptors (Lipinski definition) is 4. The van der Waals surface area contributed by atoms with Crippen molar-refractivity contribution in [3.05, 3.63) is 95.1 Å². The van der Waals surface area contributed by atoms with Crippen LogP contribution in [0.25, 0.3) is 11.0 Å². The SMILES string of the molecule is O=C(NN=Cc1ccccc1C(F)(F)F)c1ccc(CSc2nc3ccccc3[nH]2)cc1. The van der Waals surface area contributed by atoms with Crippen LogP contribution in [-0.2, 0) is 11.9 Å². The van der Waals surface area contributed by atoms with E-state index in [4.69, 9.17) is 0 Å². The van der Waals surface area contributed by atoms with E-state index in [1.807, 2.05) is 36.4 Å². The van der Waals surface area contributed by atoms with E-state index in [1.54, 1.807) is 23.9 Å². The monoisotopic (exact) mass is 454 g/mol. The fourth-order valence-electron chi connectivity index (χ4n) is 2.99. The van der Waals surface area contributed by atoms with Crippen molar-refractivity contribution in [2.75, 3.05) is 0 Å². The summed E-state index contributed by atoms with van der Waals surface area (Å²) in [6.07, 6.45) is -3.51. The topological polar surface area (TPSA) is 70.1 Å². The highest BCUT2D eigenvalue weighted by atomic mass is 32.2. The maximum Gasteiger partial charge on any atom is 0.417 e. The van der Waals surface area contributed by atoms with Crippen LogP contribution in [0.4, 0.5) is 13.2 Å². The van der Waals surface area contributed by atoms with Crippen LogP contribution in [0.1, 0.15) is 27.0 Å². The average Bonchev–Trinajstić information content (AvgIpc) is 3.21.